The lowest BCUT2D eigenvalue weighted by molar-refractivity contribution is 0.244. The topological polar surface area (TPSA) is 67.4 Å². The number of aromatic nitrogens is 1. The van der Waals surface area contributed by atoms with Gasteiger partial charge < -0.3 is 19.4 Å². The van der Waals surface area contributed by atoms with E-state index in [2.05, 4.69) is 5.32 Å². The third-order valence-corrected chi connectivity index (χ3v) is 2.66. The highest BCUT2D eigenvalue weighted by Crippen LogP contribution is 2.11. The fourth-order valence-corrected chi connectivity index (χ4v) is 1.67. The fourth-order valence-electron chi connectivity index (χ4n) is 1.67. The van der Waals surface area contributed by atoms with E-state index in [-0.39, 0.29) is 12.2 Å². The van der Waals surface area contributed by atoms with Crippen LogP contribution in [-0.4, -0.2) is 9.67 Å². The SMILES string of the molecule is CCn1cc(NCc2ccc(CO)o2)ccc1=O. The third kappa shape index (κ3) is 2.81. The number of aliphatic hydroxyl groups excluding tert-OH is 1. The Labute approximate surface area is 105 Å². The second kappa shape index (κ2) is 5.55. The van der Waals surface area contributed by atoms with Crippen molar-refractivity contribution < 1.29 is 9.52 Å². The van der Waals surface area contributed by atoms with Crippen molar-refractivity contribution in [2.24, 2.45) is 0 Å². The Hall–Kier alpha value is -2.01. The van der Waals surface area contributed by atoms with E-state index in [1.807, 2.05) is 13.0 Å². The van der Waals surface area contributed by atoms with E-state index in [4.69, 9.17) is 9.52 Å². The number of anilines is 1. The smallest absolute Gasteiger partial charge is 0.250 e. The minimum Gasteiger partial charge on any atom is -0.462 e. The molecule has 2 heterocycles. The van der Waals surface area contributed by atoms with E-state index in [1.54, 1.807) is 22.9 Å². The summed E-state index contributed by atoms with van der Waals surface area (Å²) in [5.74, 6) is 1.29. The number of aryl methyl sites for hydroxylation is 1. The van der Waals surface area contributed by atoms with Crippen molar-refractivity contribution in [3.8, 4) is 0 Å². The summed E-state index contributed by atoms with van der Waals surface area (Å²) in [4.78, 5) is 11.4. The van der Waals surface area contributed by atoms with Crippen LogP contribution in [0.3, 0.4) is 0 Å². The first-order valence-corrected chi connectivity index (χ1v) is 5.85. The number of nitrogens with one attached hydrogen (secondary N) is 1. The minimum absolute atomic E-state index is 0.0105. The summed E-state index contributed by atoms with van der Waals surface area (Å²) in [6.07, 6.45) is 1.78. The van der Waals surface area contributed by atoms with Gasteiger partial charge in [0.05, 0.1) is 12.2 Å². The molecule has 96 valence electrons. The molecule has 0 bridgehead atoms. The monoisotopic (exact) mass is 248 g/mol. The highest BCUT2D eigenvalue weighted by Gasteiger charge is 2.01. The maximum atomic E-state index is 11.4. The molecule has 2 aromatic rings. The van der Waals surface area contributed by atoms with E-state index < -0.39 is 0 Å². The summed E-state index contributed by atoms with van der Waals surface area (Å²) >= 11 is 0. The molecule has 0 fully saturated rings. The second-order valence-electron chi connectivity index (χ2n) is 3.92. The molecule has 0 radical (unpaired) electrons. The molecular formula is C13H16N2O3. The first-order chi connectivity index (χ1) is 8.72. The average Bonchev–Trinajstić information content (AvgIpc) is 2.86. The van der Waals surface area contributed by atoms with Crippen LogP contribution in [0.25, 0.3) is 0 Å². The molecule has 0 aliphatic heterocycles. The number of hydrogen-bond acceptors (Lipinski definition) is 4. The Morgan fingerprint density at radius 3 is 2.72 bits per heavy atom. The van der Waals surface area contributed by atoms with Crippen molar-refractivity contribution in [2.75, 3.05) is 5.32 Å². The summed E-state index contributed by atoms with van der Waals surface area (Å²) in [7, 11) is 0. The number of rotatable bonds is 5. The molecule has 0 saturated carbocycles. The first kappa shape index (κ1) is 12.4. The Morgan fingerprint density at radius 1 is 1.28 bits per heavy atom. The van der Waals surface area contributed by atoms with Gasteiger partial charge in [0.2, 0.25) is 0 Å². The lowest BCUT2D eigenvalue weighted by Gasteiger charge is -2.07. The summed E-state index contributed by atoms with van der Waals surface area (Å²) < 4.78 is 6.98. The predicted molar refractivity (Wildman–Crippen MR) is 68.3 cm³/mol. The van der Waals surface area contributed by atoms with Crippen LogP contribution in [0.2, 0.25) is 0 Å². The molecule has 0 saturated heterocycles. The molecule has 5 heteroatoms. The molecule has 0 amide bonds. The van der Waals surface area contributed by atoms with Crippen LogP contribution >= 0.6 is 0 Å². The fraction of sp³-hybridized carbons (Fsp3) is 0.308. The lowest BCUT2D eigenvalue weighted by atomic mass is 10.3. The van der Waals surface area contributed by atoms with E-state index in [9.17, 15) is 4.79 Å². The van der Waals surface area contributed by atoms with E-state index in [1.165, 1.54) is 6.07 Å². The molecular weight excluding hydrogens is 232 g/mol. The van der Waals surface area contributed by atoms with Gasteiger partial charge >= 0.3 is 0 Å². The zero-order valence-electron chi connectivity index (χ0n) is 10.2. The van der Waals surface area contributed by atoms with Gasteiger partial charge in [-0.2, -0.15) is 0 Å². The van der Waals surface area contributed by atoms with Crippen molar-refractivity contribution in [1.82, 2.24) is 4.57 Å². The van der Waals surface area contributed by atoms with Crippen LogP contribution in [0.1, 0.15) is 18.4 Å². The van der Waals surface area contributed by atoms with Crippen molar-refractivity contribution in [3.05, 3.63) is 52.3 Å². The average molecular weight is 248 g/mol. The largest absolute Gasteiger partial charge is 0.462 e. The van der Waals surface area contributed by atoms with Crippen LogP contribution in [0.5, 0.6) is 0 Å². The summed E-state index contributed by atoms with van der Waals surface area (Å²) in [5.41, 5.74) is 0.849. The van der Waals surface area contributed by atoms with Gasteiger partial charge in [-0.15, -0.1) is 0 Å². The molecule has 2 N–H and O–H groups in total. The van der Waals surface area contributed by atoms with Gasteiger partial charge in [-0.1, -0.05) is 0 Å². The summed E-state index contributed by atoms with van der Waals surface area (Å²) in [5, 5.41) is 12.0. The van der Waals surface area contributed by atoms with Crippen molar-refractivity contribution in [3.63, 3.8) is 0 Å². The Bertz CT molecular complexity index is 572. The van der Waals surface area contributed by atoms with Crippen molar-refractivity contribution >= 4 is 5.69 Å². The van der Waals surface area contributed by atoms with Gasteiger partial charge in [0, 0.05) is 18.8 Å². The van der Waals surface area contributed by atoms with Gasteiger partial charge in [0.15, 0.2) is 0 Å². The van der Waals surface area contributed by atoms with Crippen molar-refractivity contribution in [1.29, 1.82) is 0 Å². The molecule has 0 aromatic carbocycles. The summed E-state index contributed by atoms with van der Waals surface area (Å²) in [6.45, 7) is 2.98. The zero-order chi connectivity index (χ0) is 13.0. The molecule has 18 heavy (non-hydrogen) atoms. The van der Waals surface area contributed by atoms with E-state index in [0.29, 0.717) is 18.8 Å². The van der Waals surface area contributed by atoms with Gasteiger partial charge in [0.25, 0.3) is 5.56 Å². The molecule has 0 unspecified atom stereocenters. The van der Waals surface area contributed by atoms with Gasteiger partial charge in [-0.25, -0.2) is 0 Å². The summed E-state index contributed by atoms with van der Waals surface area (Å²) in [6, 6.07) is 6.83. The number of furan rings is 1. The quantitative estimate of drug-likeness (QED) is 0.842. The number of nitrogens with zero attached hydrogens (tertiary/aromatic N) is 1. The molecule has 0 atom stereocenters. The molecule has 2 rings (SSSR count). The van der Waals surface area contributed by atoms with Crippen LogP contribution in [-0.2, 0) is 19.7 Å². The van der Waals surface area contributed by atoms with Crippen LogP contribution in [0.15, 0.2) is 39.7 Å². The second-order valence-corrected chi connectivity index (χ2v) is 3.92. The molecule has 0 spiro atoms. The number of hydrogen-bond donors (Lipinski definition) is 2. The molecule has 2 aromatic heterocycles. The Balaban J connectivity index is 2.03. The van der Waals surface area contributed by atoms with Gasteiger partial charge in [-0.3, -0.25) is 4.79 Å². The van der Waals surface area contributed by atoms with Crippen LogP contribution in [0, 0.1) is 0 Å². The van der Waals surface area contributed by atoms with Crippen LogP contribution in [0.4, 0.5) is 5.69 Å². The number of pyridine rings is 1. The van der Waals surface area contributed by atoms with Gasteiger partial charge in [0.1, 0.15) is 18.1 Å². The normalized spacial score (nSPS) is 10.6. The van der Waals surface area contributed by atoms with Crippen LogP contribution < -0.4 is 10.9 Å². The predicted octanol–water partition coefficient (Wildman–Crippen LogP) is 1.57. The van der Waals surface area contributed by atoms with E-state index in [0.717, 1.165) is 11.4 Å². The lowest BCUT2D eigenvalue weighted by Crippen LogP contribution is -2.17. The molecule has 0 aliphatic rings. The highest BCUT2D eigenvalue weighted by molar-refractivity contribution is 5.40. The molecule has 0 aliphatic carbocycles. The maximum Gasteiger partial charge on any atom is 0.250 e. The highest BCUT2D eigenvalue weighted by atomic mass is 16.4. The third-order valence-electron chi connectivity index (χ3n) is 2.66. The zero-order valence-corrected chi connectivity index (χ0v) is 10.2. The Morgan fingerprint density at radius 2 is 2.06 bits per heavy atom. The van der Waals surface area contributed by atoms with Crippen molar-refractivity contribution in [2.45, 2.75) is 26.6 Å². The standard InChI is InChI=1S/C13H16N2O3/c1-2-15-8-10(3-6-13(15)17)14-7-11-4-5-12(9-16)18-11/h3-6,8,14,16H,2,7,9H2,1H3. The first-order valence-electron chi connectivity index (χ1n) is 5.85. The Kier molecular flexibility index (Phi) is 3.84. The molecule has 5 nitrogen and oxygen atoms in total. The maximum absolute atomic E-state index is 11.4. The van der Waals surface area contributed by atoms with Gasteiger partial charge in [-0.05, 0) is 25.1 Å². The number of aliphatic hydroxyl groups is 1. The van der Waals surface area contributed by atoms with E-state index >= 15 is 0 Å². The minimum atomic E-state index is -0.0965.